The standard InChI is InChI=1S/C22H23N3O3/c1-14-6-5-7-15(2)21(14)24-16-10-11-23-19(12-16)22(26)25-18-9-8-17(27-3)13-20(18)28-4/h5-13H,1-4H3,(H,23,24)(H,25,26). The number of aryl methyl sites for hydroxylation is 2. The van der Waals surface area contributed by atoms with Crippen LogP contribution in [0.25, 0.3) is 0 Å². The fraction of sp³-hybridized carbons (Fsp3) is 0.182. The summed E-state index contributed by atoms with van der Waals surface area (Å²) in [5.41, 5.74) is 4.92. The summed E-state index contributed by atoms with van der Waals surface area (Å²) in [7, 11) is 3.11. The van der Waals surface area contributed by atoms with Gasteiger partial charge >= 0.3 is 0 Å². The second kappa shape index (κ2) is 8.43. The van der Waals surface area contributed by atoms with Crippen molar-refractivity contribution < 1.29 is 14.3 Å². The number of benzene rings is 2. The van der Waals surface area contributed by atoms with Gasteiger partial charge < -0.3 is 20.1 Å². The summed E-state index contributed by atoms with van der Waals surface area (Å²) in [6.45, 7) is 4.08. The average molecular weight is 377 g/mol. The minimum absolute atomic E-state index is 0.300. The molecule has 2 aromatic carbocycles. The zero-order valence-electron chi connectivity index (χ0n) is 16.4. The van der Waals surface area contributed by atoms with Crippen molar-refractivity contribution in [2.24, 2.45) is 0 Å². The van der Waals surface area contributed by atoms with E-state index < -0.39 is 0 Å². The molecule has 0 aliphatic rings. The van der Waals surface area contributed by atoms with Gasteiger partial charge in [0.2, 0.25) is 0 Å². The van der Waals surface area contributed by atoms with E-state index in [0.717, 1.165) is 22.5 Å². The zero-order chi connectivity index (χ0) is 20.1. The Balaban J connectivity index is 1.81. The number of hydrogen-bond donors (Lipinski definition) is 2. The van der Waals surface area contributed by atoms with E-state index in [1.54, 1.807) is 37.6 Å². The van der Waals surface area contributed by atoms with E-state index in [2.05, 4.69) is 15.6 Å². The van der Waals surface area contributed by atoms with Crippen LogP contribution in [0.2, 0.25) is 0 Å². The van der Waals surface area contributed by atoms with Crippen molar-refractivity contribution in [2.75, 3.05) is 24.9 Å². The van der Waals surface area contributed by atoms with Gasteiger partial charge in [0.05, 0.1) is 19.9 Å². The summed E-state index contributed by atoms with van der Waals surface area (Å²) in [6.07, 6.45) is 1.61. The molecule has 144 valence electrons. The topological polar surface area (TPSA) is 72.5 Å². The van der Waals surface area contributed by atoms with Gasteiger partial charge in [-0.1, -0.05) is 18.2 Å². The molecule has 1 amide bonds. The predicted molar refractivity (Wildman–Crippen MR) is 111 cm³/mol. The number of pyridine rings is 1. The lowest BCUT2D eigenvalue weighted by Crippen LogP contribution is -2.14. The number of para-hydroxylation sites is 1. The third-order valence-corrected chi connectivity index (χ3v) is 4.40. The lowest BCUT2D eigenvalue weighted by atomic mass is 10.1. The van der Waals surface area contributed by atoms with Crippen molar-refractivity contribution in [2.45, 2.75) is 13.8 Å². The molecule has 3 aromatic rings. The van der Waals surface area contributed by atoms with Gasteiger partial charge in [-0.25, -0.2) is 0 Å². The SMILES string of the molecule is COc1ccc(NC(=O)c2cc(Nc3c(C)cccc3C)ccn2)c(OC)c1. The maximum atomic E-state index is 12.7. The average Bonchev–Trinajstić information content (AvgIpc) is 2.71. The maximum Gasteiger partial charge on any atom is 0.274 e. The lowest BCUT2D eigenvalue weighted by Gasteiger charge is -2.14. The largest absolute Gasteiger partial charge is 0.497 e. The van der Waals surface area contributed by atoms with Crippen LogP contribution in [0.15, 0.2) is 54.7 Å². The summed E-state index contributed by atoms with van der Waals surface area (Å²) < 4.78 is 10.5. The third-order valence-electron chi connectivity index (χ3n) is 4.40. The molecule has 0 aliphatic carbocycles. The Morgan fingerprint density at radius 1 is 0.964 bits per heavy atom. The highest BCUT2D eigenvalue weighted by molar-refractivity contribution is 6.04. The maximum absolute atomic E-state index is 12.7. The number of nitrogens with zero attached hydrogens (tertiary/aromatic N) is 1. The summed E-state index contributed by atoms with van der Waals surface area (Å²) in [5.74, 6) is 0.832. The van der Waals surface area contributed by atoms with E-state index in [1.165, 1.54) is 7.11 Å². The number of methoxy groups -OCH3 is 2. The van der Waals surface area contributed by atoms with E-state index in [4.69, 9.17) is 9.47 Å². The van der Waals surface area contributed by atoms with E-state index in [9.17, 15) is 4.79 Å². The smallest absolute Gasteiger partial charge is 0.274 e. The quantitative estimate of drug-likeness (QED) is 0.651. The summed E-state index contributed by atoms with van der Waals surface area (Å²) in [6, 6.07) is 14.8. The Kier molecular flexibility index (Phi) is 5.79. The van der Waals surface area contributed by atoms with Gasteiger partial charge in [0.1, 0.15) is 17.2 Å². The minimum Gasteiger partial charge on any atom is -0.497 e. The number of carbonyl (C=O) groups is 1. The molecular formula is C22H23N3O3. The number of ether oxygens (including phenoxy) is 2. The molecule has 6 heteroatoms. The molecule has 0 saturated carbocycles. The number of carbonyl (C=O) groups excluding carboxylic acids is 1. The van der Waals surface area contributed by atoms with Gasteiger partial charge in [-0.2, -0.15) is 0 Å². The Labute approximate surface area is 164 Å². The number of anilines is 3. The Morgan fingerprint density at radius 2 is 1.71 bits per heavy atom. The normalized spacial score (nSPS) is 10.3. The second-order valence-electron chi connectivity index (χ2n) is 6.34. The molecule has 3 rings (SSSR count). The summed E-state index contributed by atoms with van der Waals surface area (Å²) >= 11 is 0. The van der Waals surface area contributed by atoms with E-state index in [0.29, 0.717) is 22.9 Å². The van der Waals surface area contributed by atoms with E-state index >= 15 is 0 Å². The zero-order valence-corrected chi connectivity index (χ0v) is 16.4. The molecule has 0 radical (unpaired) electrons. The Morgan fingerprint density at radius 3 is 2.39 bits per heavy atom. The van der Waals surface area contributed by atoms with Crippen LogP contribution in [-0.4, -0.2) is 25.1 Å². The van der Waals surface area contributed by atoms with Crippen LogP contribution in [0.1, 0.15) is 21.6 Å². The molecule has 6 nitrogen and oxygen atoms in total. The molecule has 0 fully saturated rings. The molecule has 0 aliphatic heterocycles. The van der Waals surface area contributed by atoms with Crippen molar-refractivity contribution in [3.05, 3.63) is 71.5 Å². The molecule has 0 unspecified atom stereocenters. The van der Waals surface area contributed by atoms with Gasteiger partial charge in [0.15, 0.2) is 0 Å². The third kappa shape index (κ3) is 4.23. The molecule has 2 N–H and O–H groups in total. The van der Waals surface area contributed by atoms with Gasteiger partial charge in [-0.15, -0.1) is 0 Å². The number of amides is 1. The predicted octanol–water partition coefficient (Wildman–Crippen LogP) is 4.71. The van der Waals surface area contributed by atoms with Gasteiger partial charge in [0.25, 0.3) is 5.91 Å². The van der Waals surface area contributed by atoms with Crippen LogP contribution in [0, 0.1) is 13.8 Å². The Hall–Kier alpha value is -3.54. The first-order valence-corrected chi connectivity index (χ1v) is 8.84. The fourth-order valence-electron chi connectivity index (χ4n) is 2.88. The molecule has 28 heavy (non-hydrogen) atoms. The number of nitrogens with one attached hydrogen (secondary N) is 2. The summed E-state index contributed by atoms with van der Waals surface area (Å²) in [4.78, 5) is 16.9. The van der Waals surface area contributed by atoms with Crippen molar-refractivity contribution in [3.8, 4) is 11.5 Å². The van der Waals surface area contributed by atoms with Gasteiger partial charge in [0, 0.05) is 23.6 Å². The van der Waals surface area contributed by atoms with Crippen LogP contribution >= 0.6 is 0 Å². The van der Waals surface area contributed by atoms with Crippen molar-refractivity contribution in [1.29, 1.82) is 0 Å². The first-order valence-electron chi connectivity index (χ1n) is 8.84. The Bertz CT molecular complexity index is 982. The van der Waals surface area contributed by atoms with Crippen LogP contribution in [0.4, 0.5) is 17.1 Å². The molecule has 0 saturated heterocycles. The highest BCUT2D eigenvalue weighted by atomic mass is 16.5. The molecule has 1 aromatic heterocycles. The highest BCUT2D eigenvalue weighted by Gasteiger charge is 2.13. The van der Waals surface area contributed by atoms with Crippen LogP contribution in [0.3, 0.4) is 0 Å². The minimum atomic E-state index is -0.325. The number of hydrogen-bond acceptors (Lipinski definition) is 5. The molecule has 0 spiro atoms. The lowest BCUT2D eigenvalue weighted by molar-refractivity contribution is 0.102. The van der Waals surface area contributed by atoms with Gasteiger partial charge in [-0.05, 0) is 49.2 Å². The van der Waals surface area contributed by atoms with Crippen LogP contribution < -0.4 is 20.1 Å². The first-order chi connectivity index (χ1) is 13.5. The van der Waals surface area contributed by atoms with E-state index in [-0.39, 0.29) is 5.91 Å². The number of aromatic nitrogens is 1. The molecule has 1 heterocycles. The van der Waals surface area contributed by atoms with Crippen molar-refractivity contribution in [3.63, 3.8) is 0 Å². The van der Waals surface area contributed by atoms with E-state index in [1.807, 2.05) is 38.1 Å². The van der Waals surface area contributed by atoms with Crippen molar-refractivity contribution in [1.82, 2.24) is 4.98 Å². The molecule has 0 bridgehead atoms. The number of rotatable bonds is 6. The molecule has 0 atom stereocenters. The molecular weight excluding hydrogens is 354 g/mol. The van der Waals surface area contributed by atoms with Crippen LogP contribution in [-0.2, 0) is 0 Å². The summed E-state index contributed by atoms with van der Waals surface area (Å²) in [5, 5.41) is 6.21. The van der Waals surface area contributed by atoms with Crippen molar-refractivity contribution >= 4 is 23.0 Å². The van der Waals surface area contributed by atoms with Gasteiger partial charge in [-0.3, -0.25) is 9.78 Å². The fourth-order valence-corrected chi connectivity index (χ4v) is 2.88. The van der Waals surface area contributed by atoms with Crippen LogP contribution in [0.5, 0.6) is 11.5 Å². The first kappa shape index (κ1) is 19.2. The monoisotopic (exact) mass is 377 g/mol. The highest BCUT2D eigenvalue weighted by Crippen LogP contribution is 2.29. The second-order valence-corrected chi connectivity index (χ2v) is 6.34.